The highest BCUT2D eigenvalue weighted by Crippen LogP contribution is 2.27. The van der Waals surface area contributed by atoms with E-state index < -0.39 is 5.97 Å². The zero-order chi connectivity index (χ0) is 14.0. The van der Waals surface area contributed by atoms with E-state index in [1.54, 1.807) is 0 Å². The summed E-state index contributed by atoms with van der Waals surface area (Å²) in [4.78, 5) is 24.5. The van der Waals surface area contributed by atoms with Gasteiger partial charge in [-0.15, -0.1) is 0 Å². The molecule has 0 radical (unpaired) electrons. The molecule has 0 bridgehead atoms. The number of hydrogen-bond acceptors (Lipinski definition) is 3. The summed E-state index contributed by atoms with van der Waals surface area (Å²) >= 11 is 0. The minimum atomic E-state index is -0.957. The third kappa shape index (κ3) is 3.59. The molecule has 0 aromatic heterocycles. The minimum absolute atomic E-state index is 0.103. The molecule has 19 heavy (non-hydrogen) atoms. The maximum atomic E-state index is 12.2. The average Bonchev–Trinajstić information content (AvgIpc) is 3.14. The van der Waals surface area contributed by atoms with Gasteiger partial charge in [0.05, 0.1) is 0 Å². The van der Waals surface area contributed by atoms with Crippen LogP contribution in [-0.4, -0.2) is 51.7 Å². The fourth-order valence-corrected chi connectivity index (χ4v) is 2.71. The van der Waals surface area contributed by atoms with Crippen molar-refractivity contribution in [3.05, 3.63) is 0 Å². The maximum Gasteiger partial charge on any atom is 0.332 e. The molecule has 6 heteroatoms. The molecule has 0 aromatic carbocycles. The number of rotatable bonds is 4. The Morgan fingerprint density at radius 2 is 1.79 bits per heavy atom. The molecule has 2 atom stereocenters. The number of aliphatic carboxylic acids is 1. The van der Waals surface area contributed by atoms with Gasteiger partial charge in [-0.3, -0.25) is 10.2 Å². The van der Waals surface area contributed by atoms with Crippen molar-refractivity contribution >= 4 is 12.0 Å². The van der Waals surface area contributed by atoms with Crippen LogP contribution in [0.5, 0.6) is 0 Å². The van der Waals surface area contributed by atoms with Gasteiger partial charge in [-0.25, -0.2) is 9.80 Å². The van der Waals surface area contributed by atoms with Crippen LogP contribution in [0.1, 0.15) is 46.0 Å². The van der Waals surface area contributed by atoms with Crippen LogP contribution >= 0.6 is 0 Å². The lowest BCUT2D eigenvalue weighted by molar-refractivity contribution is -0.137. The van der Waals surface area contributed by atoms with E-state index in [1.807, 2.05) is 5.01 Å². The highest BCUT2D eigenvalue weighted by molar-refractivity contribution is 5.80. The van der Waals surface area contributed by atoms with Gasteiger partial charge in [0.15, 0.2) is 0 Å². The van der Waals surface area contributed by atoms with Crippen molar-refractivity contribution in [1.29, 1.82) is 0 Å². The predicted octanol–water partition coefficient (Wildman–Crippen LogP) is 1.42. The first kappa shape index (κ1) is 14.1. The van der Waals surface area contributed by atoms with E-state index in [0.717, 1.165) is 25.7 Å². The van der Waals surface area contributed by atoms with Crippen LogP contribution in [0.15, 0.2) is 0 Å². The molecule has 2 unspecified atom stereocenters. The molecule has 2 N–H and O–H groups in total. The molecule has 108 valence electrons. The molecule has 6 nitrogen and oxygen atoms in total. The second-order valence-corrected chi connectivity index (χ2v) is 5.71. The minimum Gasteiger partial charge on any atom is -0.480 e. The molecule has 1 saturated heterocycles. The number of amides is 2. The number of piperidine rings is 1. The normalized spacial score (nSPS) is 27.9. The van der Waals surface area contributed by atoms with Gasteiger partial charge in [0.2, 0.25) is 0 Å². The lowest BCUT2D eigenvalue weighted by Gasteiger charge is -2.39. The van der Waals surface area contributed by atoms with E-state index >= 15 is 0 Å². The van der Waals surface area contributed by atoms with Gasteiger partial charge in [0, 0.05) is 18.1 Å². The van der Waals surface area contributed by atoms with Crippen LogP contribution in [0.2, 0.25) is 0 Å². The fourth-order valence-electron chi connectivity index (χ4n) is 2.71. The number of carbonyl (C=O) groups excluding carboxylic acids is 1. The van der Waals surface area contributed by atoms with Crippen molar-refractivity contribution in [2.75, 3.05) is 6.54 Å². The van der Waals surface area contributed by atoms with Crippen molar-refractivity contribution in [2.45, 2.75) is 64.1 Å². The van der Waals surface area contributed by atoms with Crippen LogP contribution in [0.4, 0.5) is 4.79 Å². The first-order valence-electron chi connectivity index (χ1n) is 7.06. The van der Waals surface area contributed by atoms with Crippen molar-refractivity contribution in [1.82, 2.24) is 15.3 Å². The second-order valence-electron chi connectivity index (χ2n) is 5.71. The maximum absolute atomic E-state index is 12.2. The van der Waals surface area contributed by atoms with Gasteiger partial charge >= 0.3 is 12.0 Å². The molecule has 2 fully saturated rings. The summed E-state index contributed by atoms with van der Waals surface area (Å²) in [6, 6.07) is 0.439. The molecule has 1 saturated carbocycles. The number of nitrogens with zero attached hydrogens (tertiary/aromatic N) is 2. The van der Waals surface area contributed by atoms with E-state index in [1.165, 1.54) is 11.3 Å². The molecule has 1 aliphatic heterocycles. The molecule has 2 aliphatic rings. The van der Waals surface area contributed by atoms with Gasteiger partial charge in [-0.2, -0.15) is 0 Å². The molecule has 2 rings (SSSR count). The van der Waals surface area contributed by atoms with Crippen LogP contribution in [-0.2, 0) is 4.79 Å². The fraction of sp³-hybridized carbons (Fsp3) is 0.846. The van der Waals surface area contributed by atoms with E-state index in [-0.39, 0.29) is 18.6 Å². The molecule has 0 aromatic rings. The second kappa shape index (κ2) is 5.77. The zero-order valence-electron chi connectivity index (χ0n) is 11.6. The Balaban J connectivity index is 1.95. The Bertz CT molecular complexity index is 347. The molecule has 1 aliphatic carbocycles. The summed E-state index contributed by atoms with van der Waals surface area (Å²) in [5.41, 5.74) is 2.90. The lowest BCUT2D eigenvalue weighted by Crippen LogP contribution is -2.58. The Labute approximate surface area is 113 Å². The van der Waals surface area contributed by atoms with Crippen molar-refractivity contribution in [3.8, 4) is 0 Å². The predicted molar refractivity (Wildman–Crippen MR) is 70.5 cm³/mol. The van der Waals surface area contributed by atoms with Crippen LogP contribution in [0, 0.1) is 0 Å². The number of carboxylic acid groups (broad SMARTS) is 1. The first-order chi connectivity index (χ1) is 8.99. The van der Waals surface area contributed by atoms with Gasteiger partial charge in [0.1, 0.15) is 6.54 Å². The van der Waals surface area contributed by atoms with Gasteiger partial charge < -0.3 is 10.0 Å². The quantitative estimate of drug-likeness (QED) is 0.809. The molecule has 0 spiro atoms. The van der Waals surface area contributed by atoms with Gasteiger partial charge in [0.25, 0.3) is 0 Å². The molecular weight excluding hydrogens is 246 g/mol. The van der Waals surface area contributed by atoms with Gasteiger partial charge in [-0.05, 0) is 39.5 Å². The highest BCUT2D eigenvalue weighted by atomic mass is 16.4. The summed E-state index contributed by atoms with van der Waals surface area (Å²) in [7, 11) is 0. The standard InChI is InChI=1S/C13H23N3O3/c1-9-4-3-5-10(2)16(9)14-13(19)15(8-12(17)18)11-6-7-11/h9-11H,3-8H2,1-2H3,(H,14,19)(H,17,18). The molecular formula is C13H23N3O3. The Morgan fingerprint density at radius 3 is 2.26 bits per heavy atom. The number of urea groups is 1. The third-order valence-electron chi connectivity index (χ3n) is 3.97. The van der Waals surface area contributed by atoms with Crippen molar-refractivity contribution in [2.24, 2.45) is 0 Å². The monoisotopic (exact) mass is 269 g/mol. The number of hydrazine groups is 1. The molecule has 1 heterocycles. The van der Waals surface area contributed by atoms with Crippen LogP contribution in [0.25, 0.3) is 0 Å². The van der Waals surface area contributed by atoms with E-state index in [2.05, 4.69) is 19.3 Å². The SMILES string of the molecule is CC1CCCC(C)N1NC(=O)N(CC(=O)O)C1CC1. The number of carboxylic acids is 1. The van der Waals surface area contributed by atoms with E-state index in [9.17, 15) is 9.59 Å². The summed E-state index contributed by atoms with van der Waals surface area (Å²) in [5.74, 6) is -0.957. The lowest BCUT2D eigenvalue weighted by atomic mass is 10.00. The van der Waals surface area contributed by atoms with E-state index in [4.69, 9.17) is 5.11 Å². The summed E-state index contributed by atoms with van der Waals surface area (Å²) in [5, 5.41) is 10.9. The Hall–Kier alpha value is -1.30. The largest absolute Gasteiger partial charge is 0.480 e. The van der Waals surface area contributed by atoms with Gasteiger partial charge in [-0.1, -0.05) is 6.42 Å². The topological polar surface area (TPSA) is 72.9 Å². The number of hydrogen-bond donors (Lipinski definition) is 2. The van der Waals surface area contributed by atoms with Crippen molar-refractivity contribution < 1.29 is 14.7 Å². The first-order valence-corrected chi connectivity index (χ1v) is 7.06. The van der Waals surface area contributed by atoms with Crippen LogP contribution in [0.3, 0.4) is 0 Å². The molecule has 2 amide bonds. The number of carbonyl (C=O) groups is 2. The summed E-state index contributed by atoms with van der Waals surface area (Å²) < 4.78 is 0. The number of nitrogens with one attached hydrogen (secondary N) is 1. The third-order valence-corrected chi connectivity index (χ3v) is 3.97. The van der Waals surface area contributed by atoms with Crippen molar-refractivity contribution in [3.63, 3.8) is 0 Å². The zero-order valence-corrected chi connectivity index (χ0v) is 11.6. The summed E-state index contributed by atoms with van der Waals surface area (Å²) in [6.07, 6.45) is 5.12. The Morgan fingerprint density at radius 1 is 1.21 bits per heavy atom. The van der Waals surface area contributed by atoms with E-state index in [0.29, 0.717) is 12.1 Å². The average molecular weight is 269 g/mol. The van der Waals surface area contributed by atoms with Crippen LogP contribution < -0.4 is 5.43 Å². The Kier molecular flexibility index (Phi) is 4.29. The summed E-state index contributed by atoms with van der Waals surface area (Å²) in [6.45, 7) is 3.97. The smallest absolute Gasteiger partial charge is 0.332 e. The highest BCUT2D eigenvalue weighted by Gasteiger charge is 2.36.